The lowest BCUT2D eigenvalue weighted by Crippen LogP contribution is -2.47. The van der Waals surface area contributed by atoms with Crippen LogP contribution in [0.25, 0.3) is 0 Å². The number of hydrogen-bond donors (Lipinski definition) is 2. The molecule has 0 aliphatic carbocycles. The molecule has 4 heteroatoms. The molecule has 1 saturated heterocycles. The van der Waals surface area contributed by atoms with E-state index in [4.69, 9.17) is 11.6 Å². The van der Waals surface area contributed by atoms with Gasteiger partial charge in [0.25, 0.3) is 0 Å². The molecule has 0 atom stereocenters. The van der Waals surface area contributed by atoms with Crippen LogP contribution in [0.2, 0.25) is 0 Å². The molecular formula is C7H16N4. The summed E-state index contributed by atoms with van der Waals surface area (Å²) >= 11 is 0. The Kier molecular flexibility index (Phi) is 1.93. The number of nitrogens with two attached hydrogens (primary N) is 2. The predicted octanol–water partition coefficient (Wildman–Crippen LogP) is 0.0492. The van der Waals surface area contributed by atoms with Crippen molar-refractivity contribution in [3.63, 3.8) is 0 Å². The summed E-state index contributed by atoms with van der Waals surface area (Å²) in [5.74, 6) is 5.55. The Bertz CT molecular complexity index is 173. The highest BCUT2D eigenvalue weighted by atomic mass is 15.4. The van der Waals surface area contributed by atoms with Crippen LogP contribution in [0.15, 0.2) is 5.10 Å². The van der Waals surface area contributed by atoms with Crippen LogP contribution in [0.3, 0.4) is 0 Å². The van der Waals surface area contributed by atoms with Crippen molar-refractivity contribution < 1.29 is 0 Å². The molecule has 0 bridgehead atoms. The zero-order chi connectivity index (χ0) is 8.48. The molecule has 0 saturated carbocycles. The van der Waals surface area contributed by atoms with Crippen LogP contribution >= 0.6 is 0 Å². The lowest BCUT2D eigenvalue weighted by Gasteiger charge is -2.31. The minimum absolute atomic E-state index is 0.132. The van der Waals surface area contributed by atoms with Crippen molar-refractivity contribution >= 4 is 5.96 Å². The van der Waals surface area contributed by atoms with Gasteiger partial charge in [0.15, 0.2) is 0 Å². The summed E-state index contributed by atoms with van der Waals surface area (Å²) in [7, 11) is 0. The maximum atomic E-state index is 5.60. The third-order valence-corrected chi connectivity index (χ3v) is 2.31. The van der Waals surface area contributed by atoms with E-state index in [1.165, 1.54) is 6.42 Å². The van der Waals surface area contributed by atoms with E-state index in [9.17, 15) is 0 Å². The third-order valence-electron chi connectivity index (χ3n) is 2.31. The van der Waals surface area contributed by atoms with Gasteiger partial charge in [-0.25, -0.2) is 0 Å². The second-order valence-electron chi connectivity index (χ2n) is 3.55. The van der Waals surface area contributed by atoms with E-state index < -0.39 is 0 Å². The van der Waals surface area contributed by atoms with E-state index in [0.717, 1.165) is 13.0 Å². The van der Waals surface area contributed by atoms with Crippen molar-refractivity contribution in [1.29, 1.82) is 0 Å². The van der Waals surface area contributed by atoms with Gasteiger partial charge >= 0.3 is 0 Å². The predicted molar refractivity (Wildman–Crippen MR) is 45.8 cm³/mol. The number of hydrazone groups is 1. The molecule has 1 heterocycles. The number of nitrogens with zero attached hydrogens (tertiary/aromatic N) is 2. The van der Waals surface area contributed by atoms with Crippen LogP contribution in [0, 0.1) is 0 Å². The molecule has 0 spiro atoms. The largest absolute Gasteiger partial charge is 0.368 e. The molecular weight excluding hydrogens is 140 g/mol. The average molecular weight is 156 g/mol. The quantitative estimate of drug-likeness (QED) is 0.225. The Morgan fingerprint density at radius 1 is 1.55 bits per heavy atom. The molecule has 4 nitrogen and oxygen atoms in total. The van der Waals surface area contributed by atoms with E-state index in [1.54, 1.807) is 0 Å². The van der Waals surface area contributed by atoms with Crippen LogP contribution in [-0.2, 0) is 0 Å². The van der Waals surface area contributed by atoms with Gasteiger partial charge in [0.1, 0.15) is 0 Å². The van der Waals surface area contributed by atoms with Crippen LogP contribution in [0.5, 0.6) is 0 Å². The first-order valence-corrected chi connectivity index (χ1v) is 3.89. The van der Waals surface area contributed by atoms with Gasteiger partial charge in [-0.2, -0.15) is 0 Å². The van der Waals surface area contributed by atoms with Crippen LogP contribution in [0.4, 0.5) is 0 Å². The molecule has 0 radical (unpaired) electrons. The Balaban J connectivity index is 2.73. The molecule has 64 valence electrons. The van der Waals surface area contributed by atoms with E-state index in [0.29, 0.717) is 5.96 Å². The SMILES string of the molecule is CC1(C)CCCN1/C(N)=N/N. The number of rotatable bonds is 0. The van der Waals surface area contributed by atoms with Gasteiger partial charge in [-0.05, 0) is 26.7 Å². The van der Waals surface area contributed by atoms with E-state index in [-0.39, 0.29) is 5.54 Å². The van der Waals surface area contributed by atoms with Crippen LogP contribution in [0.1, 0.15) is 26.7 Å². The molecule has 0 aromatic carbocycles. The van der Waals surface area contributed by atoms with Crippen molar-refractivity contribution in [2.45, 2.75) is 32.2 Å². The highest BCUT2D eigenvalue weighted by Gasteiger charge is 2.32. The first-order valence-electron chi connectivity index (χ1n) is 3.89. The molecule has 0 unspecified atom stereocenters. The van der Waals surface area contributed by atoms with Gasteiger partial charge < -0.3 is 16.5 Å². The molecule has 0 aromatic heterocycles. The van der Waals surface area contributed by atoms with Crippen LogP contribution < -0.4 is 11.6 Å². The average Bonchev–Trinajstić information content (AvgIpc) is 2.28. The molecule has 1 rings (SSSR count). The molecule has 0 amide bonds. The highest BCUT2D eigenvalue weighted by molar-refractivity contribution is 5.78. The lowest BCUT2D eigenvalue weighted by atomic mass is 10.0. The summed E-state index contributed by atoms with van der Waals surface area (Å²) in [5.41, 5.74) is 5.74. The van der Waals surface area contributed by atoms with Crippen molar-refractivity contribution in [2.24, 2.45) is 16.7 Å². The maximum absolute atomic E-state index is 5.60. The van der Waals surface area contributed by atoms with Crippen molar-refractivity contribution in [2.75, 3.05) is 6.54 Å². The topological polar surface area (TPSA) is 67.6 Å². The molecule has 11 heavy (non-hydrogen) atoms. The van der Waals surface area contributed by atoms with Gasteiger partial charge in [0.2, 0.25) is 5.96 Å². The summed E-state index contributed by atoms with van der Waals surface area (Å²) in [6.45, 7) is 5.27. The van der Waals surface area contributed by atoms with Crippen molar-refractivity contribution in [3.05, 3.63) is 0 Å². The fraction of sp³-hybridized carbons (Fsp3) is 0.857. The number of hydrogen-bond acceptors (Lipinski definition) is 2. The summed E-state index contributed by atoms with van der Waals surface area (Å²) in [4.78, 5) is 2.05. The molecule has 0 aromatic rings. The third kappa shape index (κ3) is 1.39. The maximum Gasteiger partial charge on any atom is 0.213 e. The zero-order valence-corrected chi connectivity index (χ0v) is 7.17. The lowest BCUT2D eigenvalue weighted by molar-refractivity contribution is 0.278. The molecule has 1 aliphatic rings. The molecule has 4 N–H and O–H groups in total. The number of likely N-dealkylation sites (tertiary alicyclic amines) is 1. The second kappa shape index (κ2) is 2.60. The molecule has 1 fully saturated rings. The highest BCUT2D eigenvalue weighted by Crippen LogP contribution is 2.27. The fourth-order valence-corrected chi connectivity index (χ4v) is 1.60. The van der Waals surface area contributed by atoms with E-state index in [1.807, 2.05) is 4.90 Å². The first-order chi connectivity index (χ1) is 5.08. The standard InChI is InChI=1S/C7H16N4/c1-7(2)4-3-5-11(7)6(8)10-9/h3-5,9H2,1-2H3,(H2,8,10). The monoisotopic (exact) mass is 156 g/mol. The van der Waals surface area contributed by atoms with Gasteiger partial charge in [0, 0.05) is 12.1 Å². The van der Waals surface area contributed by atoms with E-state index >= 15 is 0 Å². The van der Waals surface area contributed by atoms with Crippen LogP contribution in [-0.4, -0.2) is 22.9 Å². The van der Waals surface area contributed by atoms with Gasteiger partial charge in [0.05, 0.1) is 0 Å². The van der Waals surface area contributed by atoms with E-state index in [2.05, 4.69) is 18.9 Å². The summed E-state index contributed by atoms with van der Waals surface area (Å²) in [5, 5.41) is 3.49. The summed E-state index contributed by atoms with van der Waals surface area (Å²) < 4.78 is 0. The second-order valence-corrected chi connectivity index (χ2v) is 3.55. The minimum Gasteiger partial charge on any atom is -0.368 e. The summed E-state index contributed by atoms with van der Waals surface area (Å²) in [6.07, 6.45) is 2.33. The fourth-order valence-electron chi connectivity index (χ4n) is 1.60. The Morgan fingerprint density at radius 3 is 2.55 bits per heavy atom. The Morgan fingerprint density at radius 2 is 2.18 bits per heavy atom. The molecule has 1 aliphatic heterocycles. The normalized spacial score (nSPS) is 24.2. The van der Waals surface area contributed by atoms with Crippen molar-refractivity contribution in [1.82, 2.24) is 4.90 Å². The van der Waals surface area contributed by atoms with Gasteiger partial charge in [-0.3, -0.25) is 0 Å². The summed E-state index contributed by atoms with van der Waals surface area (Å²) in [6, 6.07) is 0. The Labute approximate surface area is 67.2 Å². The van der Waals surface area contributed by atoms with Crippen molar-refractivity contribution in [3.8, 4) is 0 Å². The first kappa shape index (κ1) is 8.17. The number of guanidine groups is 1. The Hall–Kier alpha value is -0.930. The minimum atomic E-state index is 0.132. The smallest absolute Gasteiger partial charge is 0.213 e. The van der Waals surface area contributed by atoms with Gasteiger partial charge in [-0.15, -0.1) is 5.10 Å². The zero-order valence-electron chi connectivity index (χ0n) is 7.17. The van der Waals surface area contributed by atoms with Gasteiger partial charge in [-0.1, -0.05) is 0 Å².